The number of carbonyl (C=O) groups excluding carboxylic acids is 1. The van der Waals surface area contributed by atoms with Gasteiger partial charge in [0.05, 0.1) is 31.4 Å². The van der Waals surface area contributed by atoms with Crippen molar-refractivity contribution >= 4 is 11.6 Å². The molecule has 1 atom stereocenters. The minimum absolute atomic E-state index is 0.0496. The molecule has 1 aromatic heterocycles. The fourth-order valence-corrected chi connectivity index (χ4v) is 3.28. The van der Waals surface area contributed by atoms with E-state index in [9.17, 15) is 4.79 Å². The third kappa shape index (κ3) is 5.30. The smallest absolute Gasteiger partial charge is 0.226 e. The number of carbonyl (C=O) groups is 1. The van der Waals surface area contributed by atoms with Crippen molar-refractivity contribution < 1.29 is 14.1 Å². The normalized spacial score (nSPS) is 16.1. The average Bonchev–Trinajstić information content (AvgIpc) is 3.08. The molecule has 2 aromatic rings. The molecule has 146 valence electrons. The third-order valence-electron chi connectivity index (χ3n) is 4.79. The van der Waals surface area contributed by atoms with Crippen LogP contribution in [0.4, 0.5) is 5.69 Å². The number of amides is 1. The van der Waals surface area contributed by atoms with Crippen LogP contribution in [0.5, 0.6) is 0 Å². The predicted octanol–water partition coefficient (Wildman–Crippen LogP) is 1.78. The number of hydrogen-bond acceptors (Lipinski definition) is 6. The Kier molecular flexibility index (Phi) is 6.47. The van der Waals surface area contributed by atoms with E-state index in [1.54, 1.807) is 6.07 Å². The molecule has 1 unspecified atom stereocenters. The molecule has 0 radical (unpaired) electrons. The molecular formula is C20H28N4O3. The van der Waals surface area contributed by atoms with Gasteiger partial charge < -0.3 is 19.5 Å². The van der Waals surface area contributed by atoms with Crippen LogP contribution in [0.15, 0.2) is 34.9 Å². The number of ether oxygens (including phenoxy) is 1. The molecule has 1 N–H and O–H groups in total. The highest BCUT2D eigenvalue weighted by molar-refractivity contribution is 5.78. The summed E-state index contributed by atoms with van der Waals surface area (Å²) < 4.78 is 10.5. The zero-order chi connectivity index (χ0) is 19.2. The third-order valence-corrected chi connectivity index (χ3v) is 4.79. The van der Waals surface area contributed by atoms with E-state index in [2.05, 4.69) is 44.5 Å². The summed E-state index contributed by atoms with van der Waals surface area (Å²) in [5, 5.41) is 6.95. The lowest BCUT2D eigenvalue weighted by atomic mass is 10.0. The fourth-order valence-electron chi connectivity index (χ4n) is 3.28. The highest BCUT2D eigenvalue weighted by Gasteiger charge is 2.23. The topological polar surface area (TPSA) is 70.8 Å². The molecule has 1 amide bonds. The van der Waals surface area contributed by atoms with E-state index in [4.69, 9.17) is 9.26 Å². The minimum atomic E-state index is -0.0496. The Balaban J connectivity index is 1.66. The molecule has 27 heavy (non-hydrogen) atoms. The molecule has 1 saturated heterocycles. The summed E-state index contributed by atoms with van der Waals surface area (Å²) in [5.74, 6) is 0.663. The van der Waals surface area contributed by atoms with Crippen molar-refractivity contribution in [2.45, 2.75) is 19.4 Å². The van der Waals surface area contributed by atoms with Gasteiger partial charge in [0.2, 0.25) is 5.91 Å². The van der Waals surface area contributed by atoms with Crippen molar-refractivity contribution in [3.8, 4) is 0 Å². The van der Waals surface area contributed by atoms with Gasteiger partial charge in [-0.15, -0.1) is 0 Å². The van der Waals surface area contributed by atoms with Crippen molar-refractivity contribution in [2.24, 2.45) is 0 Å². The Morgan fingerprint density at radius 3 is 2.56 bits per heavy atom. The Morgan fingerprint density at radius 2 is 1.96 bits per heavy atom. The van der Waals surface area contributed by atoms with Gasteiger partial charge in [-0.05, 0) is 24.6 Å². The summed E-state index contributed by atoms with van der Waals surface area (Å²) in [7, 11) is 4.06. The van der Waals surface area contributed by atoms with Crippen molar-refractivity contribution in [1.82, 2.24) is 15.4 Å². The number of aryl methyl sites for hydroxylation is 1. The molecule has 1 aliphatic heterocycles. The maximum absolute atomic E-state index is 12.3. The zero-order valence-electron chi connectivity index (χ0n) is 16.3. The lowest BCUT2D eigenvalue weighted by Crippen LogP contribution is -2.44. The lowest BCUT2D eigenvalue weighted by Gasteiger charge is -2.35. The number of rotatable bonds is 7. The maximum Gasteiger partial charge on any atom is 0.226 e. The Labute approximate surface area is 160 Å². The van der Waals surface area contributed by atoms with Crippen LogP contribution in [-0.2, 0) is 16.0 Å². The van der Waals surface area contributed by atoms with Crippen molar-refractivity contribution in [1.29, 1.82) is 0 Å². The summed E-state index contributed by atoms with van der Waals surface area (Å²) in [4.78, 5) is 16.8. The van der Waals surface area contributed by atoms with Crippen LogP contribution in [-0.4, -0.2) is 62.9 Å². The summed E-state index contributed by atoms with van der Waals surface area (Å²) in [6.07, 6.45) is 0.229. The zero-order valence-corrected chi connectivity index (χ0v) is 16.3. The second-order valence-corrected chi connectivity index (χ2v) is 7.06. The van der Waals surface area contributed by atoms with Gasteiger partial charge in [0, 0.05) is 45.5 Å². The number of nitrogens with zero attached hydrogens (tertiary/aromatic N) is 3. The molecule has 7 heteroatoms. The maximum atomic E-state index is 12.3. The van der Waals surface area contributed by atoms with Crippen molar-refractivity contribution in [3.63, 3.8) is 0 Å². The molecule has 1 fully saturated rings. The standard InChI is InChI=1S/C20H28N4O3/c1-15-12-17(22-27-15)13-20(25)21-14-19(24-8-10-26-11-9-24)16-4-6-18(7-5-16)23(2)3/h4-7,12,19H,8-11,13-14H2,1-3H3,(H,21,25). The molecule has 0 aliphatic carbocycles. The van der Waals surface area contributed by atoms with E-state index < -0.39 is 0 Å². The first kappa shape index (κ1) is 19.4. The first-order valence-electron chi connectivity index (χ1n) is 9.31. The number of anilines is 1. The number of aromatic nitrogens is 1. The SMILES string of the molecule is Cc1cc(CC(=O)NCC(c2ccc(N(C)C)cc2)N2CCOCC2)no1. The molecule has 0 spiro atoms. The van der Waals surface area contributed by atoms with E-state index in [1.807, 2.05) is 21.0 Å². The van der Waals surface area contributed by atoms with Gasteiger partial charge in [-0.1, -0.05) is 17.3 Å². The van der Waals surface area contributed by atoms with Crippen LogP contribution in [0.3, 0.4) is 0 Å². The molecule has 7 nitrogen and oxygen atoms in total. The van der Waals surface area contributed by atoms with E-state index in [0.717, 1.165) is 32.0 Å². The first-order valence-corrected chi connectivity index (χ1v) is 9.31. The van der Waals surface area contributed by atoms with Crippen LogP contribution in [0, 0.1) is 6.92 Å². The molecule has 0 bridgehead atoms. The van der Waals surface area contributed by atoms with Crippen LogP contribution in [0.25, 0.3) is 0 Å². The largest absolute Gasteiger partial charge is 0.379 e. The number of benzene rings is 1. The quantitative estimate of drug-likeness (QED) is 0.799. The molecule has 2 heterocycles. The second kappa shape index (κ2) is 9.01. The molecule has 0 saturated carbocycles. The monoisotopic (exact) mass is 372 g/mol. The fraction of sp³-hybridized carbons (Fsp3) is 0.500. The van der Waals surface area contributed by atoms with Gasteiger partial charge in [-0.25, -0.2) is 0 Å². The van der Waals surface area contributed by atoms with Gasteiger partial charge in [0.25, 0.3) is 0 Å². The van der Waals surface area contributed by atoms with Crippen LogP contribution < -0.4 is 10.2 Å². The van der Waals surface area contributed by atoms with Gasteiger partial charge in [0.15, 0.2) is 0 Å². The van der Waals surface area contributed by atoms with E-state index in [-0.39, 0.29) is 18.4 Å². The van der Waals surface area contributed by atoms with Crippen molar-refractivity contribution in [2.75, 3.05) is 51.8 Å². The Morgan fingerprint density at radius 1 is 1.26 bits per heavy atom. The first-order chi connectivity index (χ1) is 13.0. The van der Waals surface area contributed by atoms with E-state index in [1.165, 1.54) is 5.56 Å². The molecule has 3 rings (SSSR count). The molecule has 1 aliphatic rings. The highest BCUT2D eigenvalue weighted by atomic mass is 16.5. The lowest BCUT2D eigenvalue weighted by molar-refractivity contribution is -0.120. The minimum Gasteiger partial charge on any atom is -0.379 e. The van der Waals surface area contributed by atoms with Gasteiger partial charge in [0.1, 0.15) is 5.76 Å². The number of hydrogen-bond donors (Lipinski definition) is 1. The number of morpholine rings is 1. The number of nitrogens with one attached hydrogen (secondary N) is 1. The summed E-state index contributed by atoms with van der Waals surface area (Å²) >= 11 is 0. The Hall–Kier alpha value is -2.38. The van der Waals surface area contributed by atoms with Gasteiger partial charge in [-0.3, -0.25) is 9.69 Å². The van der Waals surface area contributed by atoms with E-state index in [0.29, 0.717) is 18.0 Å². The molecule has 1 aromatic carbocycles. The van der Waals surface area contributed by atoms with Crippen LogP contribution in [0.1, 0.15) is 23.1 Å². The highest BCUT2D eigenvalue weighted by Crippen LogP contribution is 2.23. The second-order valence-electron chi connectivity index (χ2n) is 7.06. The Bertz CT molecular complexity index is 736. The van der Waals surface area contributed by atoms with E-state index >= 15 is 0 Å². The summed E-state index contributed by atoms with van der Waals surface area (Å²) in [6, 6.07) is 10.4. The van der Waals surface area contributed by atoms with Crippen molar-refractivity contribution in [3.05, 3.63) is 47.3 Å². The summed E-state index contributed by atoms with van der Waals surface area (Å²) in [5.41, 5.74) is 3.01. The predicted molar refractivity (Wildman–Crippen MR) is 104 cm³/mol. The van der Waals surface area contributed by atoms with Gasteiger partial charge in [-0.2, -0.15) is 0 Å². The van der Waals surface area contributed by atoms with Crippen LogP contribution >= 0.6 is 0 Å². The van der Waals surface area contributed by atoms with Gasteiger partial charge >= 0.3 is 0 Å². The van der Waals surface area contributed by atoms with Crippen LogP contribution in [0.2, 0.25) is 0 Å². The summed E-state index contributed by atoms with van der Waals surface area (Å²) in [6.45, 7) is 5.53. The average molecular weight is 372 g/mol. The molecular weight excluding hydrogens is 344 g/mol.